The van der Waals surface area contributed by atoms with Crippen LogP contribution in [0.25, 0.3) is 11.5 Å². The molecule has 1 aromatic carbocycles. The zero-order chi connectivity index (χ0) is 20.9. The van der Waals surface area contributed by atoms with E-state index in [0.717, 1.165) is 43.9 Å². The largest absolute Gasteiger partial charge is 0.494 e. The van der Waals surface area contributed by atoms with Gasteiger partial charge in [0.2, 0.25) is 11.7 Å². The molecule has 0 radical (unpaired) electrons. The number of hydrogen-bond acceptors (Lipinski definition) is 5. The molecule has 2 aromatic rings. The molecule has 6 nitrogen and oxygen atoms in total. The Balaban J connectivity index is 1.38. The molecule has 1 aliphatic carbocycles. The standard InChI is InChI=1S/C23H30ClN3O3/c1-17-21(23(28)27-14-12-26(13-15-27)19-5-2-3-6-19)30-22(25-17)18-7-9-20(10-8-18)29-16-4-11-24/h7-10,19H,2-6,11-16H2,1H3. The number of halogens is 1. The van der Waals surface area contributed by atoms with E-state index in [-0.39, 0.29) is 5.91 Å². The molecule has 30 heavy (non-hydrogen) atoms. The van der Waals surface area contributed by atoms with E-state index in [1.54, 1.807) is 0 Å². The van der Waals surface area contributed by atoms with Crippen molar-refractivity contribution >= 4 is 17.5 Å². The maximum Gasteiger partial charge on any atom is 0.291 e. The quantitative estimate of drug-likeness (QED) is 0.481. The molecule has 1 aromatic heterocycles. The van der Waals surface area contributed by atoms with Crippen molar-refractivity contribution < 1.29 is 13.9 Å². The van der Waals surface area contributed by atoms with Crippen molar-refractivity contribution in [2.45, 2.75) is 45.1 Å². The Morgan fingerprint density at radius 2 is 1.87 bits per heavy atom. The van der Waals surface area contributed by atoms with Gasteiger partial charge in [-0.15, -0.1) is 11.6 Å². The topological polar surface area (TPSA) is 58.8 Å². The van der Waals surface area contributed by atoms with Crippen LogP contribution in [0.15, 0.2) is 28.7 Å². The smallest absolute Gasteiger partial charge is 0.291 e. The summed E-state index contributed by atoms with van der Waals surface area (Å²) >= 11 is 5.67. The molecule has 0 bridgehead atoms. The number of ether oxygens (including phenoxy) is 1. The van der Waals surface area contributed by atoms with Gasteiger partial charge in [0.1, 0.15) is 5.75 Å². The van der Waals surface area contributed by atoms with Gasteiger partial charge < -0.3 is 14.1 Å². The number of amides is 1. The lowest BCUT2D eigenvalue weighted by molar-refractivity contribution is 0.0544. The SMILES string of the molecule is Cc1nc(-c2ccc(OCCCCl)cc2)oc1C(=O)N1CCN(C2CCCC2)CC1. The maximum absolute atomic E-state index is 13.0. The number of nitrogens with zero attached hydrogens (tertiary/aromatic N) is 3. The number of oxazole rings is 1. The number of alkyl halides is 1. The third kappa shape index (κ3) is 4.81. The molecule has 0 spiro atoms. The molecule has 4 rings (SSSR count). The third-order valence-corrected chi connectivity index (χ3v) is 6.35. The first-order valence-corrected chi connectivity index (χ1v) is 11.5. The summed E-state index contributed by atoms with van der Waals surface area (Å²) in [6.45, 7) is 5.81. The fourth-order valence-corrected chi connectivity index (χ4v) is 4.47. The van der Waals surface area contributed by atoms with Crippen LogP contribution in [0.2, 0.25) is 0 Å². The van der Waals surface area contributed by atoms with Gasteiger partial charge in [-0.05, 0) is 50.5 Å². The first kappa shape index (κ1) is 21.2. The number of carbonyl (C=O) groups excluding carboxylic acids is 1. The number of carbonyl (C=O) groups is 1. The molecule has 0 atom stereocenters. The molecule has 2 heterocycles. The fraction of sp³-hybridized carbons (Fsp3) is 0.565. The summed E-state index contributed by atoms with van der Waals surface area (Å²) in [5.41, 5.74) is 1.46. The molecule has 1 saturated heterocycles. The minimum atomic E-state index is -0.0571. The first-order chi connectivity index (χ1) is 14.7. The first-order valence-electron chi connectivity index (χ1n) is 11.0. The summed E-state index contributed by atoms with van der Waals surface area (Å²) in [5, 5.41) is 0. The monoisotopic (exact) mass is 431 g/mol. The summed E-state index contributed by atoms with van der Waals surface area (Å²) in [5.74, 6) is 2.12. The summed E-state index contributed by atoms with van der Waals surface area (Å²) < 4.78 is 11.5. The zero-order valence-corrected chi connectivity index (χ0v) is 18.4. The maximum atomic E-state index is 13.0. The Morgan fingerprint density at radius 1 is 1.17 bits per heavy atom. The average molecular weight is 432 g/mol. The Kier molecular flexibility index (Phi) is 6.95. The normalized spacial score (nSPS) is 18.1. The zero-order valence-electron chi connectivity index (χ0n) is 17.6. The Bertz CT molecular complexity index is 838. The number of benzene rings is 1. The van der Waals surface area contributed by atoms with Gasteiger partial charge in [-0.25, -0.2) is 4.98 Å². The molecule has 2 fully saturated rings. The summed E-state index contributed by atoms with van der Waals surface area (Å²) in [4.78, 5) is 22.0. The Morgan fingerprint density at radius 3 is 2.53 bits per heavy atom. The minimum Gasteiger partial charge on any atom is -0.494 e. The molecule has 0 unspecified atom stereocenters. The van der Waals surface area contributed by atoms with E-state index in [0.29, 0.717) is 35.9 Å². The van der Waals surface area contributed by atoms with Gasteiger partial charge in [-0.2, -0.15) is 0 Å². The van der Waals surface area contributed by atoms with Crippen LogP contribution in [0.5, 0.6) is 5.75 Å². The lowest BCUT2D eigenvalue weighted by atomic mass is 10.1. The Hall–Kier alpha value is -2.05. The second-order valence-corrected chi connectivity index (χ2v) is 8.49. The fourth-order valence-electron chi connectivity index (χ4n) is 4.36. The highest BCUT2D eigenvalue weighted by Crippen LogP contribution is 2.27. The van der Waals surface area contributed by atoms with Gasteiger partial charge in [0, 0.05) is 43.7 Å². The highest BCUT2D eigenvalue weighted by atomic mass is 35.5. The second kappa shape index (κ2) is 9.84. The molecular formula is C23H30ClN3O3. The van der Waals surface area contributed by atoms with Crippen molar-refractivity contribution in [1.29, 1.82) is 0 Å². The molecule has 7 heteroatoms. The van der Waals surface area contributed by atoms with Crippen LogP contribution in [-0.2, 0) is 0 Å². The predicted molar refractivity (Wildman–Crippen MR) is 117 cm³/mol. The van der Waals surface area contributed by atoms with E-state index in [1.807, 2.05) is 36.1 Å². The van der Waals surface area contributed by atoms with Crippen LogP contribution in [-0.4, -0.2) is 65.4 Å². The minimum absolute atomic E-state index is 0.0571. The van der Waals surface area contributed by atoms with E-state index in [2.05, 4.69) is 9.88 Å². The van der Waals surface area contributed by atoms with E-state index >= 15 is 0 Å². The molecule has 1 aliphatic heterocycles. The third-order valence-electron chi connectivity index (χ3n) is 6.08. The number of aryl methyl sites for hydroxylation is 1. The highest BCUT2D eigenvalue weighted by molar-refractivity contribution is 6.17. The average Bonchev–Trinajstić information content (AvgIpc) is 3.44. The molecular weight excluding hydrogens is 402 g/mol. The summed E-state index contributed by atoms with van der Waals surface area (Å²) in [6.07, 6.45) is 6.08. The summed E-state index contributed by atoms with van der Waals surface area (Å²) in [6, 6.07) is 8.27. The lowest BCUT2D eigenvalue weighted by Gasteiger charge is -2.37. The van der Waals surface area contributed by atoms with Crippen LogP contribution in [0, 0.1) is 6.92 Å². The number of hydrogen-bond donors (Lipinski definition) is 0. The molecule has 0 N–H and O–H groups in total. The lowest BCUT2D eigenvalue weighted by Crippen LogP contribution is -2.51. The highest BCUT2D eigenvalue weighted by Gasteiger charge is 2.30. The predicted octanol–water partition coefficient (Wildman–Crippen LogP) is 4.36. The number of piperazine rings is 1. The number of rotatable bonds is 7. The van der Waals surface area contributed by atoms with Gasteiger partial charge in [0.15, 0.2) is 0 Å². The van der Waals surface area contributed by atoms with Gasteiger partial charge in [-0.3, -0.25) is 9.69 Å². The van der Waals surface area contributed by atoms with Crippen molar-refractivity contribution in [3.8, 4) is 17.2 Å². The van der Waals surface area contributed by atoms with Crippen LogP contribution < -0.4 is 4.74 Å². The Labute approximate surface area is 183 Å². The van der Waals surface area contributed by atoms with Crippen molar-refractivity contribution in [2.24, 2.45) is 0 Å². The molecule has 1 amide bonds. The van der Waals surface area contributed by atoms with Crippen LogP contribution in [0.4, 0.5) is 0 Å². The van der Waals surface area contributed by atoms with E-state index in [1.165, 1.54) is 25.7 Å². The second-order valence-electron chi connectivity index (χ2n) is 8.12. The van der Waals surface area contributed by atoms with Gasteiger partial charge in [0.25, 0.3) is 5.91 Å². The van der Waals surface area contributed by atoms with E-state index in [4.69, 9.17) is 20.8 Å². The van der Waals surface area contributed by atoms with E-state index in [9.17, 15) is 4.79 Å². The van der Waals surface area contributed by atoms with E-state index < -0.39 is 0 Å². The van der Waals surface area contributed by atoms with Crippen molar-refractivity contribution in [3.63, 3.8) is 0 Å². The molecule has 162 valence electrons. The van der Waals surface area contributed by atoms with Crippen LogP contribution in [0.1, 0.15) is 48.4 Å². The molecule has 2 aliphatic rings. The van der Waals surface area contributed by atoms with Gasteiger partial charge in [0.05, 0.1) is 12.3 Å². The number of aromatic nitrogens is 1. The van der Waals surface area contributed by atoms with Crippen LogP contribution in [0.3, 0.4) is 0 Å². The summed E-state index contributed by atoms with van der Waals surface area (Å²) in [7, 11) is 0. The van der Waals surface area contributed by atoms with Crippen molar-refractivity contribution in [1.82, 2.24) is 14.8 Å². The molecule has 1 saturated carbocycles. The van der Waals surface area contributed by atoms with Gasteiger partial charge >= 0.3 is 0 Å². The van der Waals surface area contributed by atoms with Crippen molar-refractivity contribution in [3.05, 3.63) is 35.7 Å². The van der Waals surface area contributed by atoms with Crippen molar-refractivity contribution in [2.75, 3.05) is 38.7 Å². The van der Waals surface area contributed by atoms with Crippen LogP contribution >= 0.6 is 11.6 Å². The van der Waals surface area contributed by atoms with Gasteiger partial charge in [-0.1, -0.05) is 12.8 Å².